The number of allylic oxidation sites excluding steroid dienone is 2. The summed E-state index contributed by atoms with van der Waals surface area (Å²) in [4.78, 5) is 35.1. The Morgan fingerprint density at radius 3 is 1.96 bits per heavy atom. The van der Waals surface area contributed by atoms with Gasteiger partial charge in [0, 0.05) is 31.7 Å². The Labute approximate surface area is 339 Å². The van der Waals surface area contributed by atoms with Crippen molar-refractivity contribution in [1.82, 2.24) is 0 Å². The van der Waals surface area contributed by atoms with Gasteiger partial charge in [-0.25, -0.2) is 4.57 Å². The molecule has 1 rings (SSSR count). The predicted molar refractivity (Wildman–Crippen MR) is 222 cm³/mol. The minimum atomic E-state index is -4.43. The van der Waals surface area contributed by atoms with Gasteiger partial charge in [-0.15, -0.1) is 0 Å². The zero-order valence-electron chi connectivity index (χ0n) is 35.0. The van der Waals surface area contributed by atoms with Crippen molar-refractivity contribution < 1.29 is 52.9 Å². The molecule has 1 aliphatic rings. The molecule has 0 aliphatic heterocycles. The van der Waals surface area contributed by atoms with Crippen molar-refractivity contribution in [1.29, 1.82) is 0 Å². The summed E-state index contributed by atoms with van der Waals surface area (Å²) in [5.41, 5.74) is 5.34. The summed E-state index contributed by atoms with van der Waals surface area (Å²) in [6.07, 6.45) is 28.4. The number of carbonyl (C=O) groups is 2. The van der Waals surface area contributed by atoms with E-state index in [-0.39, 0.29) is 44.4 Å². The molecular formula is C43H80NO11P. The third-order valence-electron chi connectivity index (χ3n) is 10.4. The Hall–Kier alpha value is -1.63. The van der Waals surface area contributed by atoms with Crippen LogP contribution in [0.15, 0.2) is 24.3 Å². The van der Waals surface area contributed by atoms with E-state index in [1.807, 2.05) is 6.08 Å². The number of phosphoric acid groups is 1. The molecule has 0 saturated heterocycles. The van der Waals surface area contributed by atoms with Crippen LogP contribution in [0.4, 0.5) is 0 Å². The van der Waals surface area contributed by atoms with Crippen molar-refractivity contribution in [2.75, 3.05) is 26.4 Å². The summed E-state index contributed by atoms with van der Waals surface area (Å²) in [5, 5.41) is 31.3. The molecule has 13 heteroatoms. The molecule has 0 radical (unpaired) electrons. The molecule has 0 aromatic rings. The zero-order valence-corrected chi connectivity index (χ0v) is 35.8. The molecule has 328 valence electrons. The molecule has 0 bridgehead atoms. The minimum absolute atomic E-state index is 0.0215. The van der Waals surface area contributed by atoms with Crippen molar-refractivity contribution >= 4 is 19.8 Å². The summed E-state index contributed by atoms with van der Waals surface area (Å²) < 4.78 is 32.8. The van der Waals surface area contributed by atoms with E-state index in [0.29, 0.717) is 25.7 Å². The van der Waals surface area contributed by atoms with Crippen molar-refractivity contribution in [3.05, 3.63) is 24.3 Å². The maximum Gasteiger partial charge on any atom is 0.472 e. The van der Waals surface area contributed by atoms with Gasteiger partial charge in [-0.05, 0) is 57.3 Å². The molecule has 1 fully saturated rings. The monoisotopic (exact) mass is 818 g/mol. The van der Waals surface area contributed by atoms with E-state index in [4.69, 9.17) is 24.3 Å². The van der Waals surface area contributed by atoms with Crippen LogP contribution in [0.2, 0.25) is 0 Å². The largest absolute Gasteiger partial charge is 0.472 e. The molecule has 0 heterocycles. The Balaban J connectivity index is 2.37. The third kappa shape index (κ3) is 27.9. The lowest BCUT2D eigenvalue weighted by Crippen LogP contribution is -2.29. The van der Waals surface area contributed by atoms with Gasteiger partial charge < -0.3 is 35.4 Å². The molecule has 1 unspecified atom stereocenters. The summed E-state index contributed by atoms with van der Waals surface area (Å²) in [6, 6.07) is 0. The molecule has 1 aliphatic carbocycles. The van der Waals surface area contributed by atoms with Crippen molar-refractivity contribution in [2.45, 2.75) is 199 Å². The number of hydrogen-bond acceptors (Lipinski definition) is 11. The fourth-order valence-electron chi connectivity index (χ4n) is 7.08. The van der Waals surface area contributed by atoms with E-state index in [1.165, 1.54) is 38.5 Å². The highest BCUT2D eigenvalue weighted by molar-refractivity contribution is 7.47. The van der Waals surface area contributed by atoms with Crippen LogP contribution in [-0.2, 0) is 32.7 Å². The van der Waals surface area contributed by atoms with Gasteiger partial charge in [0.25, 0.3) is 0 Å². The van der Waals surface area contributed by atoms with Crippen LogP contribution < -0.4 is 5.73 Å². The lowest BCUT2D eigenvalue weighted by molar-refractivity contribution is -0.161. The van der Waals surface area contributed by atoms with Crippen LogP contribution in [-0.4, -0.2) is 82.9 Å². The maximum atomic E-state index is 12.6. The first-order valence-electron chi connectivity index (χ1n) is 22.1. The maximum absolute atomic E-state index is 12.6. The van der Waals surface area contributed by atoms with Gasteiger partial charge in [0.2, 0.25) is 0 Å². The molecule has 1 saturated carbocycles. The fraction of sp³-hybridized carbons (Fsp3) is 0.860. The number of aliphatic hydroxyl groups excluding tert-OH is 3. The second-order valence-corrected chi connectivity index (χ2v) is 17.0. The van der Waals surface area contributed by atoms with E-state index >= 15 is 0 Å². The van der Waals surface area contributed by atoms with Gasteiger partial charge in [-0.2, -0.15) is 0 Å². The summed E-state index contributed by atoms with van der Waals surface area (Å²) in [5.74, 6) is -1.25. The number of ether oxygens (including phenoxy) is 2. The van der Waals surface area contributed by atoms with Crippen LogP contribution in [0, 0.1) is 11.8 Å². The van der Waals surface area contributed by atoms with Crippen molar-refractivity contribution in [3.8, 4) is 0 Å². The second-order valence-electron chi connectivity index (χ2n) is 15.5. The molecule has 0 spiro atoms. The van der Waals surface area contributed by atoms with Crippen molar-refractivity contribution in [2.24, 2.45) is 17.6 Å². The number of carbonyl (C=O) groups excluding carboxylic acids is 2. The average molecular weight is 818 g/mol. The van der Waals surface area contributed by atoms with Gasteiger partial charge in [-0.1, -0.05) is 128 Å². The SMILES string of the molecule is CCCCCCCC/C=C\CCCCCCCC(=O)O[C@H](COC(=O)CCCCCC[C@@H]1[C@@H](/C=C/[C@@H](O)CCCCC)[C@H](O)C[C@@H]1O)COP(=O)(O)OCCN. The Morgan fingerprint density at radius 2 is 1.32 bits per heavy atom. The molecule has 12 nitrogen and oxygen atoms in total. The summed E-state index contributed by atoms with van der Waals surface area (Å²) in [7, 11) is -4.43. The number of aliphatic hydroxyl groups is 3. The van der Waals surface area contributed by atoms with Crippen LogP contribution in [0.1, 0.15) is 174 Å². The van der Waals surface area contributed by atoms with Gasteiger partial charge in [0.1, 0.15) is 6.61 Å². The first-order chi connectivity index (χ1) is 27.0. The summed E-state index contributed by atoms with van der Waals surface area (Å²) in [6.45, 7) is 3.38. The highest BCUT2D eigenvalue weighted by Crippen LogP contribution is 2.43. The predicted octanol–water partition coefficient (Wildman–Crippen LogP) is 8.77. The lowest BCUT2D eigenvalue weighted by Gasteiger charge is -2.21. The number of rotatable bonds is 37. The first-order valence-corrected chi connectivity index (χ1v) is 23.6. The quantitative estimate of drug-likeness (QED) is 0.0173. The second kappa shape index (κ2) is 34.3. The molecule has 0 amide bonds. The topological polar surface area (TPSA) is 195 Å². The van der Waals surface area contributed by atoms with E-state index < -0.39 is 50.8 Å². The van der Waals surface area contributed by atoms with Gasteiger partial charge in [0.15, 0.2) is 6.10 Å². The van der Waals surface area contributed by atoms with Gasteiger partial charge >= 0.3 is 19.8 Å². The zero-order chi connectivity index (χ0) is 41.3. The van der Waals surface area contributed by atoms with Crippen LogP contribution in [0.5, 0.6) is 0 Å². The minimum Gasteiger partial charge on any atom is -0.462 e. The van der Waals surface area contributed by atoms with Crippen molar-refractivity contribution in [3.63, 3.8) is 0 Å². The molecule has 56 heavy (non-hydrogen) atoms. The average Bonchev–Trinajstić information content (AvgIpc) is 3.44. The fourth-order valence-corrected chi connectivity index (χ4v) is 7.84. The smallest absolute Gasteiger partial charge is 0.462 e. The summed E-state index contributed by atoms with van der Waals surface area (Å²) >= 11 is 0. The number of hydrogen-bond donors (Lipinski definition) is 5. The highest BCUT2D eigenvalue weighted by atomic mass is 31.2. The van der Waals surface area contributed by atoms with E-state index in [1.54, 1.807) is 6.08 Å². The molecule has 0 aromatic carbocycles. The molecular weight excluding hydrogens is 737 g/mol. The van der Waals surface area contributed by atoms with Crippen LogP contribution in [0.3, 0.4) is 0 Å². The van der Waals surface area contributed by atoms with E-state index in [2.05, 4.69) is 26.0 Å². The van der Waals surface area contributed by atoms with Gasteiger partial charge in [-0.3, -0.25) is 18.6 Å². The highest BCUT2D eigenvalue weighted by Gasteiger charge is 2.39. The number of esters is 2. The molecule has 7 atom stereocenters. The molecule has 6 N–H and O–H groups in total. The number of phosphoric ester groups is 1. The Kier molecular flexibility index (Phi) is 32.0. The van der Waals surface area contributed by atoms with Crippen LogP contribution >= 0.6 is 7.82 Å². The Morgan fingerprint density at radius 1 is 0.750 bits per heavy atom. The van der Waals surface area contributed by atoms with E-state index in [9.17, 15) is 34.4 Å². The number of nitrogens with two attached hydrogens (primary N) is 1. The standard InChI is InChI=1S/C43H80NO11P/c1-3-5-7-8-9-10-11-12-13-14-15-16-17-18-24-28-43(49)55-37(35-54-56(50,51)53-32-31-44)34-52-42(48)27-23-20-19-22-26-38-39(41(47)33-40(38)46)30-29-36(45)25-21-6-4-2/h12-13,29-30,36-41,45-47H,3-11,14-28,31-35,44H2,1-2H3,(H,50,51)/b13-12-,30-29+/t36-,37+,38+,39+,40-,41+/m0/s1. The third-order valence-corrected chi connectivity index (χ3v) is 11.4. The van der Waals surface area contributed by atoms with E-state index in [0.717, 1.165) is 83.5 Å². The normalized spacial score (nSPS) is 20.8. The number of unbranched alkanes of at least 4 members (excludes halogenated alkanes) is 16. The molecule has 0 aromatic heterocycles. The first kappa shape index (κ1) is 52.4. The Bertz CT molecular complexity index is 1090. The lowest BCUT2D eigenvalue weighted by atomic mass is 9.88. The van der Waals surface area contributed by atoms with Gasteiger partial charge in [0.05, 0.1) is 31.5 Å². The van der Waals surface area contributed by atoms with Crippen LogP contribution in [0.25, 0.3) is 0 Å².